The van der Waals surface area contributed by atoms with Crippen LogP contribution in [0.1, 0.15) is 5.56 Å². The summed E-state index contributed by atoms with van der Waals surface area (Å²) in [5, 5.41) is 3.40. The van der Waals surface area contributed by atoms with E-state index in [1.54, 1.807) is 32.3 Å². The summed E-state index contributed by atoms with van der Waals surface area (Å²) in [6.07, 6.45) is 0.164. The van der Waals surface area contributed by atoms with Gasteiger partial charge in [0.25, 0.3) is 0 Å². The van der Waals surface area contributed by atoms with Crippen LogP contribution < -0.4 is 5.32 Å². The molecule has 0 unspecified atom stereocenters. The topological polar surface area (TPSA) is 49.4 Å². The minimum atomic E-state index is -0.233. The fourth-order valence-electron chi connectivity index (χ4n) is 1.23. The monoisotopic (exact) mass is 288 g/mol. The van der Waals surface area contributed by atoms with E-state index in [1.807, 2.05) is 0 Å². The summed E-state index contributed by atoms with van der Waals surface area (Å²) in [5.74, 6) is -0.388. The molecule has 1 rings (SSSR count). The third-order valence-corrected chi connectivity index (χ3v) is 3.02. The molecule has 2 amide bonds. The average Bonchev–Trinajstić information content (AvgIpc) is 2.30. The molecule has 0 aromatic heterocycles. The number of rotatable bonds is 4. The van der Waals surface area contributed by atoms with Gasteiger partial charge in [-0.1, -0.05) is 29.3 Å². The predicted octanol–water partition coefficient (Wildman–Crippen LogP) is 1.74. The van der Waals surface area contributed by atoms with E-state index in [0.29, 0.717) is 10.0 Å². The fraction of sp³-hybridized carbons (Fsp3) is 0.333. The van der Waals surface area contributed by atoms with E-state index in [4.69, 9.17) is 23.2 Å². The third-order valence-electron chi connectivity index (χ3n) is 2.28. The summed E-state index contributed by atoms with van der Waals surface area (Å²) in [4.78, 5) is 24.3. The Kier molecular flexibility index (Phi) is 5.44. The second-order valence-corrected chi connectivity index (χ2v) is 4.80. The maximum atomic E-state index is 11.6. The molecule has 0 fully saturated rings. The van der Waals surface area contributed by atoms with Gasteiger partial charge >= 0.3 is 0 Å². The van der Waals surface area contributed by atoms with Crippen LogP contribution in [-0.4, -0.2) is 37.4 Å². The molecule has 98 valence electrons. The highest BCUT2D eigenvalue weighted by Crippen LogP contribution is 2.22. The van der Waals surface area contributed by atoms with Crippen molar-refractivity contribution in [3.05, 3.63) is 33.8 Å². The number of nitrogens with zero attached hydrogens (tertiary/aromatic N) is 1. The van der Waals surface area contributed by atoms with Crippen LogP contribution in [0.15, 0.2) is 18.2 Å². The number of nitrogens with one attached hydrogen (secondary N) is 1. The van der Waals surface area contributed by atoms with Gasteiger partial charge in [0.05, 0.1) is 23.0 Å². The van der Waals surface area contributed by atoms with E-state index in [-0.39, 0.29) is 24.8 Å². The predicted molar refractivity (Wildman–Crippen MR) is 71.9 cm³/mol. The Morgan fingerprint density at radius 3 is 2.44 bits per heavy atom. The molecule has 1 aromatic carbocycles. The van der Waals surface area contributed by atoms with Gasteiger partial charge < -0.3 is 10.2 Å². The molecule has 0 bridgehead atoms. The normalized spacial score (nSPS) is 10.0. The van der Waals surface area contributed by atoms with Gasteiger partial charge in [-0.15, -0.1) is 0 Å². The average molecular weight is 289 g/mol. The second kappa shape index (κ2) is 6.61. The van der Waals surface area contributed by atoms with Crippen LogP contribution in [0.2, 0.25) is 10.0 Å². The van der Waals surface area contributed by atoms with Crippen LogP contribution in [0.4, 0.5) is 0 Å². The molecule has 0 saturated carbocycles. The number of carbonyl (C=O) groups excluding carboxylic acids is 2. The quantitative estimate of drug-likeness (QED) is 0.918. The first-order chi connectivity index (χ1) is 8.40. The number of amides is 2. The van der Waals surface area contributed by atoms with Gasteiger partial charge in [-0.2, -0.15) is 0 Å². The number of halogens is 2. The lowest BCUT2D eigenvalue weighted by molar-refractivity contribution is -0.130. The summed E-state index contributed by atoms with van der Waals surface area (Å²) in [7, 11) is 3.26. The molecular formula is C12H14Cl2N2O2. The fourth-order valence-corrected chi connectivity index (χ4v) is 1.55. The third kappa shape index (κ3) is 4.55. The van der Waals surface area contributed by atoms with Crippen LogP contribution in [-0.2, 0) is 16.0 Å². The lowest BCUT2D eigenvalue weighted by Gasteiger charge is -2.11. The van der Waals surface area contributed by atoms with E-state index < -0.39 is 0 Å². The van der Waals surface area contributed by atoms with E-state index in [0.717, 1.165) is 5.56 Å². The molecule has 0 spiro atoms. The summed E-state index contributed by atoms with van der Waals surface area (Å²) in [6.45, 7) is -0.00679. The van der Waals surface area contributed by atoms with Crippen LogP contribution in [0.3, 0.4) is 0 Å². The SMILES string of the molecule is CN(C)C(=O)CNC(=O)Cc1ccc(Cl)c(Cl)c1. The Hall–Kier alpha value is -1.26. The number of benzene rings is 1. The molecule has 18 heavy (non-hydrogen) atoms. The lowest BCUT2D eigenvalue weighted by atomic mass is 10.1. The maximum absolute atomic E-state index is 11.6. The molecule has 6 heteroatoms. The van der Waals surface area contributed by atoms with E-state index in [1.165, 1.54) is 4.90 Å². The first-order valence-electron chi connectivity index (χ1n) is 5.31. The zero-order valence-corrected chi connectivity index (χ0v) is 11.7. The van der Waals surface area contributed by atoms with E-state index >= 15 is 0 Å². The smallest absolute Gasteiger partial charge is 0.241 e. The van der Waals surface area contributed by atoms with Crippen LogP contribution in [0, 0.1) is 0 Å². The Labute approximate surface area is 116 Å². The highest BCUT2D eigenvalue weighted by molar-refractivity contribution is 6.42. The first-order valence-corrected chi connectivity index (χ1v) is 6.06. The Morgan fingerprint density at radius 2 is 1.89 bits per heavy atom. The molecule has 0 atom stereocenters. The second-order valence-electron chi connectivity index (χ2n) is 3.99. The van der Waals surface area contributed by atoms with Crippen molar-refractivity contribution in [1.82, 2.24) is 10.2 Å². The number of likely N-dealkylation sites (N-methyl/N-ethyl adjacent to an activating group) is 1. The Balaban J connectivity index is 2.49. The zero-order chi connectivity index (χ0) is 13.7. The Morgan fingerprint density at radius 1 is 1.22 bits per heavy atom. The van der Waals surface area contributed by atoms with Crippen molar-refractivity contribution in [2.24, 2.45) is 0 Å². The highest BCUT2D eigenvalue weighted by Gasteiger charge is 2.08. The van der Waals surface area contributed by atoms with E-state index in [9.17, 15) is 9.59 Å². The molecule has 0 radical (unpaired) electrons. The van der Waals surface area contributed by atoms with Gasteiger partial charge in [0.1, 0.15) is 0 Å². The molecule has 0 aliphatic heterocycles. The van der Waals surface area contributed by atoms with Crippen molar-refractivity contribution in [2.45, 2.75) is 6.42 Å². The summed E-state index contributed by atoms with van der Waals surface area (Å²) in [6, 6.07) is 5.00. The minimum Gasteiger partial charge on any atom is -0.347 e. The zero-order valence-electron chi connectivity index (χ0n) is 10.2. The molecule has 0 aliphatic carbocycles. The van der Waals surface area contributed by atoms with Gasteiger partial charge in [0.15, 0.2) is 0 Å². The summed E-state index contributed by atoms with van der Waals surface area (Å²) in [5.41, 5.74) is 0.749. The van der Waals surface area contributed by atoms with Gasteiger partial charge in [-0.3, -0.25) is 9.59 Å². The van der Waals surface area contributed by atoms with Crippen molar-refractivity contribution in [3.8, 4) is 0 Å². The van der Waals surface area contributed by atoms with Crippen LogP contribution >= 0.6 is 23.2 Å². The molecule has 1 N–H and O–H groups in total. The van der Waals surface area contributed by atoms with Crippen molar-refractivity contribution >= 4 is 35.0 Å². The highest BCUT2D eigenvalue weighted by atomic mass is 35.5. The molecule has 0 saturated heterocycles. The van der Waals surface area contributed by atoms with Gasteiger partial charge in [-0.25, -0.2) is 0 Å². The number of hydrogen-bond donors (Lipinski definition) is 1. The Bertz CT molecular complexity index is 461. The van der Waals surface area contributed by atoms with Crippen molar-refractivity contribution in [1.29, 1.82) is 0 Å². The lowest BCUT2D eigenvalue weighted by Crippen LogP contribution is -2.36. The first kappa shape index (κ1) is 14.8. The molecule has 1 aromatic rings. The molecule has 0 aliphatic rings. The van der Waals surface area contributed by atoms with Crippen molar-refractivity contribution < 1.29 is 9.59 Å². The van der Waals surface area contributed by atoms with Gasteiger partial charge in [-0.05, 0) is 17.7 Å². The summed E-state index contributed by atoms with van der Waals surface area (Å²) >= 11 is 11.6. The molecular weight excluding hydrogens is 275 g/mol. The molecule has 0 heterocycles. The van der Waals surface area contributed by atoms with Crippen molar-refractivity contribution in [3.63, 3.8) is 0 Å². The van der Waals surface area contributed by atoms with Crippen molar-refractivity contribution in [2.75, 3.05) is 20.6 Å². The number of carbonyl (C=O) groups is 2. The largest absolute Gasteiger partial charge is 0.347 e. The maximum Gasteiger partial charge on any atom is 0.241 e. The van der Waals surface area contributed by atoms with Gasteiger partial charge in [0.2, 0.25) is 11.8 Å². The van der Waals surface area contributed by atoms with Crippen LogP contribution in [0.25, 0.3) is 0 Å². The number of hydrogen-bond acceptors (Lipinski definition) is 2. The molecule has 4 nitrogen and oxygen atoms in total. The summed E-state index contributed by atoms with van der Waals surface area (Å²) < 4.78 is 0. The minimum absolute atomic E-state index is 0.00679. The van der Waals surface area contributed by atoms with E-state index in [2.05, 4.69) is 5.32 Å². The van der Waals surface area contributed by atoms with Gasteiger partial charge in [0, 0.05) is 14.1 Å². The standard InChI is InChI=1S/C12H14Cl2N2O2/c1-16(2)12(18)7-15-11(17)6-8-3-4-9(13)10(14)5-8/h3-5H,6-7H2,1-2H3,(H,15,17). The van der Waals surface area contributed by atoms with Crippen LogP contribution in [0.5, 0.6) is 0 Å².